The van der Waals surface area contributed by atoms with E-state index in [1.807, 2.05) is 51.1 Å². The monoisotopic (exact) mass is 382 g/mol. The summed E-state index contributed by atoms with van der Waals surface area (Å²) in [5, 5.41) is 0. The van der Waals surface area contributed by atoms with Crippen LogP contribution in [0.3, 0.4) is 0 Å². The molecule has 0 bridgehead atoms. The topological polar surface area (TPSA) is 57.7 Å². The number of carbonyl (C=O) groups excluding carboxylic acids is 3. The predicted octanol–water partition coefficient (Wildman–Crippen LogP) is 3.33. The molecule has 0 radical (unpaired) electrons. The Morgan fingerprint density at radius 3 is 2.25 bits per heavy atom. The number of nitrogens with zero attached hydrogens (tertiary/aromatic N) is 2. The number of amides is 3. The molecule has 0 aliphatic carbocycles. The molecule has 2 aromatic carbocycles. The van der Waals surface area contributed by atoms with Crippen LogP contribution in [0.5, 0.6) is 0 Å². The number of hydrogen-bond acceptors (Lipinski definition) is 3. The van der Waals surface area contributed by atoms with Crippen LogP contribution in [0, 0.1) is 5.82 Å². The van der Waals surface area contributed by atoms with E-state index in [9.17, 15) is 18.8 Å². The highest BCUT2D eigenvalue weighted by Gasteiger charge is 2.47. The third kappa shape index (κ3) is 3.96. The van der Waals surface area contributed by atoms with Gasteiger partial charge in [-0.05, 0) is 50.6 Å². The molecular formula is C22H23FN2O3. The van der Waals surface area contributed by atoms with Crippen LogP contribution in [0.25, 0.3) is 0 Å². The van der Waals surface area contributed by atoms with Crippen molar-refractivity contribution in [2.45, 2.75) is 45.2 Å². The number of halogens is 1. The van der Waals surface area contributed by atoms with Gasteiger partial charge in [0.15, 0.2) is 0 Å². The molecule has 1 unspecified atom stereocenters. The van der Waals surface area contributed by atoms with Crippen LogP contribution in [-0.2, 0) is 20.8 Å². The van der Waals surface area contributed by atoms with E-state index in [4.69, 9.17) is 0 Å². The second-order valence-corrected chi connectivity index (χ2v) is 7.86. The fourth-order valence-electron chi connectivity index (χ4n) is 3.55. The van der Waals surface area contributed by atoms with E-state index in [2.05, 4.69) is 0 Å². The van der Waals surface area contributed by atoms with Gasteiger partial charge in [-0.2, -0.15) is 0 Å². The van der Waals surface area contributed by atoms with Gasteiger partial charge in [-0.25, -0.2) is 9.29 Å². The van der Waals surface area contributed by atoms with Gasteiger partial charge in [0.25, 0.3) is 5.91 Å². The minimum atomic E-state index is -0.881. The standard InChI is InChI=1S/C22H23FN2O3/c1-22(2,3)25(20(27)13-15-7-5-4-6-8-15)18-14-19(26)24(21(18)28)17-11-9-16(23)10-12-17/h4-12,18H,13-14H2,1-3H3. The molecule has 1 heterocycles. The van der Waals surface area contributed by atoms with Crippen molar-refractivity contribution in [1.29, 1.82) is 0 Å². The van der Waals surface area contributed by atoms with Gasteiger partial charge in [-0.1, -0.05) is 30.3 Å². The van der Waals surface area contributed by atoms with E-state index in [1.54, 1.807) is 0 Å². The largest absolute Gasteiger partial charge is 0.325 e. The van der Waals surface area contributed by atoms with E-state index < -0.39 is 29.2 Å². The van der Waals surface area contributed by atoms with Crippen molar-refractivity contribution in [1.82, 2.24) is 4.90 Å². The molecule has 0 spiro atoms. The minimum Gasteiger partial charge on any atom is -0.325 e. The first-order valence-electron chi connectivity index (χ1n) is 9.17. The zero-order chi connectivity index (χ0) is 20.5. The Bertz CT molecular complexity index is 888. The molecule has 28 heavy (non-hydrogen) atoms. The van der Waals surface area contributed by atoms with Gasteiger partial charge < -0.3 is 4.90 Å². The first-order valence-corrected chi connectivity index (χ1v) is 9.17. The molecule has 146 valence electrons. The summed E-state index contributed by atoms with van der Waals surface area (Å²) in [4.78, 5) is 41.3. The van der Waals surface area contributed by atoms with Crippen molar-refractivity contribution in [2.75, 3.05) is 4.90 Å². The van der Waals surface area contributed by atoms with Crippen LogP contribution >= 0.6 is 0 Å². The normalized spacial score (nSPS) is 17.1. The van der Waals surface area contributed by atoms with Crippen LogP contribution in [0.15, 0.2) is 54.6 Å². The molecule has 0 saturated carbocycles. The van der Waals surface area contributed by atoms with E-state index in [0.717, 1.165) is 10.5 Å². The minimum absolute atomic E-state index is 0.0893. The lowest BCUT2D eigenvalue weighted by Gasteiger charge is -2.39. The Hall–Kier alpha value is -3.02. The molecule has 1 saturated heterocycles. The third-order valence-corrected chi connectivity index (χ3v) is 4.71. The number of imide groups is 1. The summed E-state index contributed by atoms with van der Waals surface area (Å²) in [5.41, 5.74) is 0.503. The van der Waals surface area contributed by atoms with Gasteiger partial charge in [0.1, 0.15) is 11.9 Å². The van der Waals surface area contributed by atoms with Crippen LogP contribution in [0.2, 0.25) is 0 Å². The molecule has 3 amide bonds. The average Bonchev–Trinajstić information content (AvgIpc) is 2.90. The van der Waals surface area contributed by atoms with Gasteiger partial charge >= 0.3 is 0 Å². The molecule has 0 N–H and O–H groups in total. The second kappa shape index (κ2) is 7.54. The summed E-state index contributed by atoms with van der Waals surface area (Å²) in [6, 6.07) is 13.6. The molecule has 3 rings (SSSR count). The van der Waals surface area contributed by atoms with Crippen LogP contribution in [0.1, 0.15) is 32.8 Å². The van der Waals surface area contributed by atoms with Gasteiger partial charge in [-0.15, -0.1) is 0 Å². The maximum Gasteiger partial charge on any atom is 0.257 e. The number of benzene rings is 2. The van der Waals surface area contributed by atoms with Crippen molar-refractivity contribution in [3.05, 3.63) is 66.0 Å². The summed E-state index contributed by atoms with van der Waals surface area (Å²) < 4.78 is 13.2. The van der Waals surface area contributed by atoms with E-state index in [0.29, 0.717) is 5.69 Å². The highest BCUT2D eigenvalue weighted by molar-refractivity contribution is 6.23. The highest BCUT2D eigenvalue weighted by Crippen LogP contribution is 2.30. The second-order valence-electron chi connectivity index (χ2n) is 7.86. The molecule has 0 aromatic heterocycles. The number of carbonyl (C=O) groups is 3. The molecular weight excluding hydrogens is 359 g/mol. The lowest BCUT2D eigenvalue weighted by atomic mass is 9.99. The number of hydrogen-bond donors (Lipinski definition) is 0. The lowest BCUT2D eigenvalue weighted by Crippen LogP contribution is -2.55. The molecule has 1 atom stereocenters. The first kappa shape index (κ1) is 19.7. The summed E-state index contributed by atoms with van der Waals surface area (Å²) in [5.74, 6) is -1.53. The third-order valence-electron chi connectivity index (χ3n) is 4.71. The van der Waals surface area contributed by atoms with Gasteiger partial charge in [0.2, 0.25) is 11.8 Å². The Morgan fingerprint density at radius 1 is 1.07 bits per heavy atom. The zero-order valence-corrected chi connectivity index (χ0v) is 16.2. The summed E-state index contributed by atoms with van der Waals surface area (Å²) in [6.45, 7) is 5.52. The SMILES string of the molecule is CC(C)(C)N(C(=O)Cc1ccccc1)C1CC(=O)N(c2ccc(F)cc2)C1=O. The molecule has 2 aromatic rings. The van der Waals surface area contributed by atoms with E-state index in [-0.39, 0.29) is 18.7 Å². The Balaban J connectivity index is 1.89. The average molecular weight is 382 g/mol. The van der Waals surface area contributed by atoms with Crippen molar-refractivity contribution in [3.8, 4) is 0 Å². The molecule has 1 aliphatic heterocycles. The molecule has 1 fully saturated rings. The molecule has 1 aliphatic rings. The predicted molar refractivity (Wildman–Crippen MR) is 104 cm³/mol. The summed E-state index contributed by atoms with van der Waals surface area (Å²) in [6.07, 6.45) is 0.0562. The summed E-state index contributed by atoms with van der Waals surface area (Å²) in [7, 11) is 0. The Morgan fingerprint density at radius 2 is 1.68 bits per heavy atom. The number of anilines is 1. The lowest BCUT2D eigenvalue weighted by molar-refractivity contribution is -0.143. The van der Waals surface area contributed by atoms with Gasteiger partial charge in [-0.3, -0.25) is 14.4 Å². The maximum absolute atomic E-state index is 13.2. The smallest absolute Gasteiger partial charge is 0.257 e. The fourth-order valence-corrected chi connectivity index (χ4v) is 3.55. The van der Waals surface area contributed by atoms with Gasteiger partial charge in [0, 0.05) is 5.54 Å². The summed E-state index contributed by atoms with van der Waals surface area (Å²) >= 11 is 0. The van der Waals surface area contributed by atoms with Crippen molar-refractivity contribution in [2.24, 2.45) is 0 Å². The molecule has 6 heteroatoms. The van der Waals surface area contributed by atoms with Crippen molar-refractivity contribution in [3.63, 3.8) is 0 Å². The maximum atomic E-state index is 13.2. The molecule has 5 nitrogen and oxygen atoms in total. The first-order chi connectivity index (χ1) is 13.2. The van der Waals surface area contributed by atoms with E-state index in [1.165, 1.54) is 29.2 Å². The highest BCUT2D eigenvalue weighted by atomic mass is 19.1. The zero-order valence-electron chi connectivity index (χ0n) is 16.2. The van der Waals surface area contributed by atoms with Crippen LogP contribution in [0.4, 0.5) is 10.1 Å². The number of rotatable bonds is 4. The quantitative estimate of drug-likeness (QED) is 0.762. The van der Waals surface area contributed by atoms with Crippen molar-refractivity contribution < 1.29 is 18.8 Å². The Kier molecular flexibility index (Phi) is 5.31. The van der Waals surface area contributed by atoms with Crippen LogP contribution < -0.4 is 4.90 Å². The van der Waals surface area contributed by atoms with E-state index >= 15 is 0 Å². The van der Waals surface area contributed by atoms with Crippen molar-refractivity contribution >= 4 is 23.4 Å². The Labute approximate surface area is 163 Å². The van der Waals surface area contributed by atoms with Crippen LogP contribution in [-0.4, -0.2) is 34.2 Å². The fraction of sp³-hybridized carbons (Fsp3) is 0.318. The van der Waals surface area contributed by atoms with Gasteiger partial charge in [0.05, 0.1) is 18.5 Å².